The molecule has 0 saturated heterocycles. The quantitative estimate of drug-likeness (QED) is 0.464. The molecule has 0 spiro atoms. The molecule has 0 aliphatic rings. The van der Waals surface area contributed by atoms with Crippen LogP contribution >= 0.6 is 15.9 Å². The SMILES string of the molecule is O=c1c2ccccc2nc(/C=C/c2ccccc2Br)n1-c1ccccc1. The molecule has 0 bridgehead atoms. The monoisotopic (exact) mass is 402 g/mol. The number of nitrogens with zero attached hydrogens (tertiary/aromatic N) is 2. The first-order valence-electron chi connectivity index (χ1n) is 8.24. The molecule has 126 valence electrons. The van der Waals surface area contributed by atoms with Crippen molar-refractivity contribution in [3.63, 3.8) is 0 Å². The summed E-state index contributed by atoms with van der Waals surface area (Å²) < 4.78 is 2.64. The Morgan fingerprint density at radius 1 is 0.808 bits per heavy atom. The predicted octanol–water partition coefficient (Wildman–Crippen LogP) is 5.32. The summed E-state index contributed by atoms with van der Waals surface area (Å²) in [5.74, 6) is 0.593. The van der Waals surface area contributed by atoms with Gasteiger partial charge in [0, 0.05) is 4.47 Å². The largest absolute Gasteiger partial charge is 0.268 e. The molecule has 0 N–H and O–H groups in total. The fourth-order valence-electron chi connectivity index (χ4n) is 2.86. The lowest BCUT2D eigenvalue weighted by atomic mass is 10.2. The van der Waals surface area contributed by atoms with Gasteiger partial charge in [0.25, 0.3) is 5.56 Å². The van der Waals surface area contributed by atoms with Crippen LogP contribution < -0.4 is 5.56 Å². The standard InChI is InChI=1S/C22H15BrN2O/c23-19-12-6-4-8-16(19)14-15-21-24-20-13-7-5-11-18(20)22(26)25(21)17-9-2-1-3-10-17/h1-15H/b15-14+. The molecule has 3 nitrogen and oxygen atoms in total. The van der Waals surface area contributed by atoms with Gasteiger partial charge in [0.15, 0.2) is 0 Å². The van der Waals surface area contributed by atoms with E-state index in [2.05, 4.69) is 15.9 Å². The predicted molar refractivity (Wildman–Crippen MR) is 110 cm³/mol. The topological polar surface area (TPSA) is 34.9 Å². The zero-order chi connectivity index (χ0) is 17.9. The molecule has 0 fully saturated rings. The number of benzene rings is 3. The number of fused-ring (bicyclic) bond motifs is 1. The highest BCUT2D eigenvalue weighted by Gasteiger charge is 2.10. The normalized spacial score (nSPS) is 11.3. The van der Waals surface area contributed by atoms with E-state index in [0.717, 1.165) is 15.7 Å². The first kappa shape index (κ1) is 16.5. The maximum Gasteiger partial charge on any atom is 0.266 e. The molecule has 1 aromatic heterocycles. The second-order valence-electron chi connectivity index (χ2n) is 5.82. The zero-order valence-electron chi connectivity index (χ0n) is 13.8. The number of rotatable bonds is 3. The number of aromatic nitrogens is 2. The third-order valence-electron chi connectivity index (χ3n) is 4.13. The summed E-state index contributed by atoms with van der Waals surface area (Å²) >= 11 is 3.55. The Hall–Kier alpha value is -2.98. The molecule has 0 radical (unpaired) electrons. The van der Waals surface area contributed by atoms with Gasteiger partial charge in [0.05, 0.1) is 16.6 Å². The molecule has 4 heteroatoms. The molecular weight excluding hydrogens is 388 g/mol. The van der Waals surface area contributed by atoms with Crippen molar-refractivity contribution in [1.82, 2.24) is 9.55 Å². The molecule has 0 aliphatic heterocycles. The highest BCUT2D eigenvalue weighted by atomic mass is 79.9. The number of halogens is 1. The minimum atomic E-state index is -0.0754. The van der Waals surface area contributed by atoms with Crippen molar-refractivity contribution in [1.29, 1.82) is 0 Å². The van der Waals surface area contributed by atoms with Crippen LogP contribution in [0.25, 0.3) is 28.7 Å². The van der Waals surface area contributed by atoms with Crippen LogP contribution in [0.2, 0.25) is 0 Å². The Balaban J connectivity index is 1.96. The van der Waals surface area contributed by atoms with E-state index in [9.17, 15) is 4.79 Å². The Labute approximate surface area is 159 Å². The van der Waals surface area contributed by atoms with Gasteiger partial charge in [-0.15, -0.1) is 0 Å². The lowest BCUT2D eigenvalue weighted by Crippen LogP contribution is -2.22. The molecule has 0 atom stereocenters. The van der Waals surface area contributed by atoms with Gasteiger partial charge in [-0.25, -0.2) is 4.98 Å². The number of hydrogen-bond donors (Lipinski definition) is 0. The van der Waals surface area contributed by atoms with Crippen molar-refractivity contribution in [2.45, 2.75) is 0 Å². The number of hydrogen-bond acceptors (Lipinski definition) is 2. The van der Waals surface area contributed by atoms with Gasteiger partial charge in [0.2, 0.25) is 0 Å². The Morgan fingerprint density at radius 3 is 2.31 bits per heavy atom. The lowest BCUT2D eigenvalue weighted by Gasteiger charge is -2.11. The van der Waals surface area contributed by atoms with E-state index in [4.69, 9.17) is 4.98 Å². The summed E-state index contributed by atoms with van der Waals surface area (Å²) in [6, 6.07) is 24.9. The average molecular weight is 403 g/mol. The molecule has 0 saturated carbocycles. The molecule has 1 heterocycles. The van der Waals surface area contributed by atoms with Crippen LogP contribution in [-0.2, 0) is 0 Å². The fraction of sp³-hybridized carbons (Fsp3) is 0. The summed E-state index contributed by atoms with van der Waals surface area (Å²) in [7, 11) is 0. The van der Waals surface area contributed by atoms with Gasteiger partial charge in [-0.2, -0.15) is 0 Å². The molecule has 0 aliphatic carbocycles. The molecule has 0 amide bonds. The molecule has 26 heavy (non-hydrogen) atoms. The van der Waals surface area contributed by atoms with Crippen LogP contribution in [0.4, 0.5) is 0 Å². The molecule has 4 aromatic rings. The van der Waals surface area contributed by atoms with E-state index < -0.39 is 0 Å². The maximum absolute atomic E-state index is 13.1. The summed E-state index contributed by atoms with van der Waals surface area (Å²) in [4.78, 5) is 17.8. The highest BCUT2D eigenvalue weighted by molar-refractivity contribution is 9.10. The summed E-state index contributed by atoms with van der Waals surface area (Å²) in [6.45, 7) is 0. The van der Waals surface area contributed by atoms with Crippen LogP contribution in [0, 0.1) is 0 Å². The molecule has 0 unspecified atom stereocenters. The zero-order valence-corrected chi connectivity index (χ0v) is 15.4. The van der Waals surface area contributed by atoms with E-state index in [-0.39, 0.29) is 5.56 Å². The van der Waals surface area contributed by atoms with Crippen LogP contribution in [0.5, 0.6) is 0 Å². The van der Waals surface area contributed by atoms with Crippen LogP contribution in [0.1, 0.15) is 11.4 Å². The van der Waals surface area contributed by atoms with Crippen molar-refractivity contribution < 1.29 is 0 Å². The van der Waals surface area contributed by atoms with Gasteiger partial charge in [-0.05, 0) is 42.0 Å². The minimum absolute atomic E-state index is 0.0754. The second-order valence-corrected chi connectivity index (χ2v) is 6.67. The van der Waals surface area contributed by atoms with Gasteiger partial charge >= 0.3 is 0 Å². The van der Waals surface area contributed by atoms with Gasteiger partial charge in [0.1, 0.15) is 5.82 Å². The van der Waals surface area contributed by atoms with Gasteiger partial charge in [-0.3, -0.25) is 9.36 Å². The third kappa shape index (κ3) is 3.11. The molecule has 3 aromatic carbocycles. The Kier molecular flexibility index (Phi) is 4.50. The van der Waals surface area contributed by atoms with E-state index >= 15 is 0 Å². The van der Waals surface area contributed by atoms with Crippen molar-refractivity contribution in [3.05, 3.63) is 105 Å². The van der Waals surface area contributed by atoms with E-state index in [1.54, 1.807) is 4.57 Å². The fourth-order valence-corrected chi connectivity index (χ4v) is 3.28. The van der Waals surface area contributed by atoms with Crippen molar-refractivity contribution in [2.24, 2.45) is 0 Å². The van der Waals surface area contributed by atoms with E-state index in [1.807, 2.05) is 91.0 Å². The highest BCUT2D eigenvalue weighted by Crippen LogP contribution is 2.19. The first-order valence-corrected chi connectivity index (χ1v) is 9.03. The van der Waals surface area contributed by atoms with Crippen LogP contribution in [0.3, 0.4) is 0 Å². The minimum Gasteiger partial charge on any atom is -0.268 e. The Bertz CT molecular complexity index is 1160. The lowest BCUT2D eigenvalue weighted by molar-refractivity contribution is 0.944. The summed E-state index contributed by atoms with van der Waals surface area (Å²) in [5.41, 5.74) is 2.43. The smallest absolute Gasteiger partial charge is 0.266 e. The third-order valence-corrected chi connectivity index (χ3v) is 4.86. The Morgan fingerprint density at radius 2 is 1.50 bits per heavy atom. The number of para-hydroxylation sites is 2. The van der Waals surface area contributed by atoms with Crippen molar-refractivity contribution in [2.75, 3.05) is 0 Å². The van der Waals surface area contributed by atoms with Gasteiger partial charge < -0.3 is 0 Å². The van der Waals surface area contributed by atoms with Crippen LogP contribution in [-0.4, -0.2) is 9.55 Å². The van der Waals surface area contributed by atoms with Gasteiger partial charge in [-0.1, -0.05) is 70.5 Å². The van der Waals surface area contributed by atoms with Crippen molar-refractivity contribution in [3.8, 4) is 5.69 Å². The van der Waals surface area contributed by atoms with Crippen molar-refractivity contribution >= 4 is 39.0 Å². The second kappa shape index (κ2) is 7.10. The van der Waals surface area contributed by atoms with E-state index in [0.29, 0.717) is 16.7 Å². The van der Waals surface area contributed by atoms with E-state index in [1.165, 1.54) is 0 Å². The average Bonchev–Trinajstić information content (AvgIpc) is 2.68. The van der Waals surface area contributed by atoms with Crippen LogP contribution in [0.15, 0.2) is 88.1 Å². The summed E-state index contributed by atoms with van der Waals surface area (Å²) in [6.07, 6.45) is 3.83. The maximum atomic E-state index is 13.1. The molecular formula is C22H15BrN2O. The molecule has 4 rings (SSSR count). The summed E-state index contributed by atoms with van der Waals surface area (Å²) in [5, 5.41) is 0.606. The first-order chi connectivity index (χ1) is 12.7.